The van der Waals surface area contributed by atoms with Gasteiger partial charge in [0.25, 0.3) is 0 Å². The number of para-hydroxylation sites is 1. The molecular formula is C16H16BrN3O2S. The van der Waals surface area contributed by atoms with E-state index in [0.717, 1.165) is 15.7 Å². The summed E-state index contributed by atoms with van der Waals surface area (Å²) in [6.45, 7) is 0. The zero-order valence-electron chi connectivity index (χ0n) is 12.7. The Kier molecular flexibility index (Phi) is 6.37. The first-order valence-electron chi connectivity index (χ1n) is 6.70. The van der Waals surface area contributed by atoms with Crippen LogP contribution in [0.25, 0.3) is 0 Å². The second kappa shape index (κ2) is 8.50. The number of thiocarbonyl (C=S) groups is 1. The first kappa shape index (κ1) is 17.2. The normalized spacial score (nSPS) is 10.4. The third kappa shape index (κ3) is 4.94. The van der Waals surface area contributed by atoms with Gasteiger partial charge in [0.1, 0.15) is 11.5 Å². The van der Waals surface area contributed by atoms with Crippen LogP contribution in [0.15, 0.2) is 52.0 Å². The molecular weight excluding hydrogens is 378 g/mol. The molecule has 0 spiro atoms. The number of hydrazone groups is 1. The summed E-state index contributed by atoms with van der Waals surface area (Å²) in [4.78, 5) is 0. The molecule has 2 rings (SSSR count). The van der Waals surface area contributed by atoms with Crippen LogP contribution in [0.1, 0.15) is 5.56 Å². The molecule has 0 heterocycles. The maximum Gasteiger partial charge on any atom is 0.191 e. The van der Waals surface area contributed by atoms with Gasteiger partial charge in [-0.15, -0.1) is 0 Å². The fourth-order valence-corrected chi connectivity index (χ4v) is 2.52. The molecule has 0 amide bonds. The van der Waals surface area contributed by atoms with E-state index in [-0.39, 0.29) is 0 Å². The van der Waals surface area contributed by atoms with Crippen LogP contribution in [0.3, 0.4) is 0 Å². The molecule has 7 heteroatoms. The van der Waals surface area contributed by atoms with Crippen LogP contribution >= 0.6 is 28.1 Å². The predicted octanol–water partition coefficient (Wildman–Crippen LogP) is 3.79. The number of nitrogens with one attached hydrogen (secondary N) is 2. The van der Waals surface area contributed by atoms with Crippen LogP contribution in [0.5, 0.6) is 11.5 Å². The van der Waals surface area contributed by atoms with E-state index in [2.05, 4.69) is 31.8 Å². The zero-order chi connectivity index (χ0) is 16.7. The molecule has 2 N–H and O–H groups in total. The van der Waals surface area contributed by atoms with Crippen molar-refractivity contribution in [2.24, 2.45) is 5.10 Å². The van der Waals surface area contributed by atoms with E-state index >= 15 is 0 Å². The molecule has 0 radical (unpaired) electrons. The molecule has 0 fully saturated rings. The van der Waals surface area contributed by atoms with Gasteiger partial charge in [-0.25, -0.2) is 0 Å². The first-order chi connectivity index (χ1) is 11.1. The van der Waals surface area contributed by atoms with Gasteiger partial charge < -0.3 is 14.8 Å². The molecule has 2 aromatic carbocycles. The van der Waals surface area contributed by atoms with Gasteiger partial charge in [-0.3, -0.25) is 5.43 Å². The minimum Gasteiger partial charge on any atom is -0.496 e. The van der Waals surface area contributed by atoms with Gasteiger partial charge in [-0.05, 0) is 46.3 Å². The molecule has 5 nitrogen and oxygen atoms in total. The third-order valence-corrected chi connectivity index (χ3v) is 3.72. The topological polar surface area (TPSA) is 54.9 Å². The largest absolute Gasteiger partial charge is 0.496 e. The molecule has 0 atom stereocenters. The predicted molar refractivity (Wildman–Crippen MR) is 101 cm³/mol. The lowest BCUT2D eigenvalue weighted by molar-refractivity contribution is 0.392. The van der Waals surface area contributed by atoms with Crippen molar-refractivity contribution in [3.63, 3.8) is 0 Å². The van der Waals surface area contributed by atoms with Gasteiger partial charge in [0, 0.05) is 17.3 Å². The Morgan fingerprint density at radius 3 is 2.48 bits per heavy atom. The van der Waals surface area contributed by atoms with E-state index in [1.807, 2.05) is 36.4 Å². The maximum atomic E-state index is 5.33. The van der Waals surface area contributed by atoms with Crippen molar-refractivity contribution >= 4 is 45.2 Å². The molecule has 0 unspecified atom stereocenters. The molecule has 0 saturated heterocycles. The molecule has 0 saturated carbocycles. The van der Waals surface area contributed by atoms with E-state index in [1.165, 1.54) is 0 Å². The fraction of sp³-hybridized carbons (Fsp3) is 0.125. The Hall–Kier alpha value is -2.12. The van der Waals surface area contributed by atoms with Gasteiger partial charge in [0.2, 0.25) is 0 Å². The molecule has 0 bridgehead atoms. The molecule has 0 aliphatic rings. The standard InChI is InChI=1S/C16H16BrN3O2S/c1-21-14-9-15(22-2)13(17)8-11(14)10-18-20-16(23)19-12-6-4-3-5-7-12/h3-10H,1-2H3,(H2,19,20,23). The van der Waals surface area contributed by atoms with Crippen molar-refractivity contribution in [1.82, 2.24) is 5.43 Å². The van der Waals surface area contributed by atoms with Gasteiger partial charge >= 0.3 is 0 Å². The summed E-state index contributed by atoms with van der Waals surface area (Å²) >= 11 is 8.62. The fourth-order valence-electron chi connectivity index (χ4n) is 1.83. The van der Waals surface area contributed by atoms with Gasteiger partial charge in [-0.1, -0.05) is 18.2 Å². The number of ether oxygens (including phenoxy) is 2. The highest BCUT2D eigenvalue weighted by Crippen LogP contribution is 2.31. The number of nitrogens with zero attached hydrogens (tertiary/aromatic N) is 1. The maximum absolute atomic E-state index is 5.33. The lowest BCUT2D eigenvalue weighted by atomic mass is 10.2. The summed E-state index contributed by atoms with van der Waals surface area (Å²) in [5.41, 5.74) is 4.45. The zero-order valence-corrected chi connectivity index (χ0v) is 15.1. The van der Waals surface area contributed by atoms with Crippen LogP contribution in [-0.4, -0.2) is 25.5 Å². The summed E-state index contributed by atoms with van der Waals surface area (Å²) in [6, 6.07) is 13.3. The third-order valence-electron chi connectivity index (χ3n) is 2.91. The smallest absolute Gasteiger partial charge is 0.191 e. The SMILES string of the molecule is COc1cc(OC)c(C=NNC(=S)Nc2ccccc2)cc1Br. The Bertz CT molecular complexity index is 708. The van der Waals surface area contributed by atoms with E-state index < -0.39 is 0 Å². The van der Waals surface area contributed by atoms with E-state index in [0.29, 0.717) is 16.6 Å². The van der Waals surface area contributed by atoms with Crippen LogP contribution in [0, 0.1) is 0 Å². The second-order valence-corrected chi connectivity index (χ2v) is 5.68. The molecule has 0 aliphatic heterocycles. The molecule has 2 aromatic rings. The van der Waals surface area contributed by atoms with Crippen LogP contribution in [0.2, 0.25) is 0 Å². The lowest BCUT2D eigenvalue weighted by Gasteiger charge is -2.10. The highest BCUT2D eigenvalue weighted by molar-refractivity contribution is 9.10. The average Bonchev–Trinajstić information content (AvgIpc) is 2.56. The Balaban J connectivity index is 2.02. The Morgan fingerprint density at radius 2 is 1.83 bits per heavy atom. The first-order valence-corrected chi connectivity index (χ1v) is 7.90. The van der Waals surface area contributed by atoms with Crippen LogP contribution in [0.4, 0.5) is 5.69 Å². The van der Waals surface area contributed by atoms with E-state index in [4.69, 9.17) is 21.7 Å². The molecule has 0 aromatic heterocycles. The molecule has 120 valence electrons. The molecule has 23 heavy (non-hydrogen) atoms. The van der Waals surface area contributed by atoms with Gasteiger partial charge in [0.15, 0.2) is 5.11 Å². The monoisotopic (exact) mass is 393 g/mol. The van der Waals surface area contributed by atoms with Crippen molar-refractivity contribution in [1.29, 1.82) is 0 Å². The number of methoxy groups -OCH3 is 2. The number of anilines is 1. The number of hydrogen-bond donors (Lipinski definition) is 2. The number of rotatable bonds is 5. The number of hydrogen-bond acceptors (Lipinski definition) is 4. The van der Waals surface area contributed by atoms with Crippen molar-refractivity contribution in [2.75, 3.05) is 19.5 Å². The summed E-state index contributed by atoms with van der Waals surface area (Å²) in [7, 11) is 3.19. The quantitative estimate of drug-likeness (QED) is 0.459. The summed E-state index contributed by atoms with van der Waals surface area (Å²) < 4.78 is 11.4. The van der Waals surface area contributed by atoms with Crippen molar-refractivity contribution in [2.45, 2.75) is 0 Å². The number of halogens is 1. The van der Waals surface area contributed by atoms with Gasteiger partial charge in [0.05, 0.1) is 24.9 Å². The summed E-state index contributed by atoms with van der Waals surface area (Å²) in [5.74, 6) is 1.34. The van der Waals surface area contributed by atoms with E-state index in [9.17, 15) is 0 Å². The minimum atomic E-state index is 0.402. The van der Waals surface area contributed by atoms with Gasteiger partial charge in [-0.2, -0.15) is 5.10 Å². The Morgan fingerprint density at radius 1 is 1.13 bits per heavy atom. The van der Waals surface area contributed by atoms with Crippen LogP contribution in [-0.2, 0) is 0 Å². The highest BCUT2D eigenvalue weighted by atomic mass is 79.9. The molecule has 0 aliphatic carbocycles. The summed E-state index contributed by atoms with van der Waals surface area (Å²) in [5, 5.41) is 7.56. The van der Waals surface area contributed by atoms with Crippen molar-refractivity contribution in [3.05, 3.63) is 52.5 Å². The van der Waals surface area contributed by atoms with Crippen LogP contribution < -0.4 is 20.2 Å². The van der Waals surface area contributed by atoms with E-state index in [1.54, 1.807) is 26.5 Å². The van der Waals surface area contributed by atoms with Crippen molar-refractivity contribution in [3.8, 4) is 11.5 Å². The van der Waals surface area contributed by atoms with Crippen molar-refractivity contribution < 1.29 is 9.47 Å². The number of benzene rings is 2. The lowest BCUT2D eigenvalue weighted by Crippen LogP contribution is -2.23. The highest BCUT2D eigenvalue weighted by Gasteiger charge is 2.08. The minimum absolute atomic E-state index is 0.402. The Labute approximate surface area is 148 Å². The second-order valence-electron chi connectivity index (χ2n) is 4.42. The average molecular weight is 394 g/mol. The summed E-state index contributed by atoms with van der Waals surface area (Å²) in [6.07, 6.45) is 1.63.